The van der Waals surface area contributed by atoms with E-state index >= 15 is 0 Å². The molecule has 0 spiro atoms. The molecule has 0 atom stereocenters. The molecule has 0 bridgehead atoms. The third-order valence-corrected chi connectivity index (χ3v) is 4.61. The van der Waals surface area contributed by atoms with Gasteiger partial charge in [-0.3, -0.25) is 9.59 Å². The average Bonchev–Trinajstić information content (AvgIpc) is 3.27. The predicted molar refractivity (Wildman–Crippen MR) is 119 cm³/mol. The number of hydrogen-bond donors (Lipinski definition) is 2. The normalized spacial score (nSPS) is 11.0. The minimum atomic E-state index is -0.550. The van der Waals surface area contributed by atoms with Gasteiger partial charge in [0.1, 0.15) is 11.5 Å². The van der Waals surface area contributed by atoms with Gasteiger partial charge in [0, 0.05) is 21.8 Å². The summed E-state index contributed by atoms with van der Waals surface area (Å²) >= 11 is 3.32. The molecule has 2 N–H and O–H groups in total. The maximum absolute atomic E-state index is 12.8. The Balaban J connectivity index is 1.77. The number of esters is 1. The quantitative estimate of drug-likeness (QED) is 0.377. The molecule has 0 aliphatic carbocycles. The van der Waals surface area contributed by atoms with Crippen molar-refractivity contribution in [2.75, 3.05) is 11.9 Å². The topological polar surface area (TPSA) is 97.6 Å². The van der Waals surface area contributed by atoms with E-state index in [-0.39, 0.29) is 12.3 Å². The SMILES string of the molecule is CCOC(=O)c1ccc(NC(=O)/C(=C\c2ccco2)NC(=O)c2ccc(Br)cc2)cc1. The molecule has 158 valence electrons. The summed E-state index contributed by atoms with van der Waals surface area (Å²) < 4.78 is 11.0. The highest BCUT2D eigenvalue weighted by Gasteiger charge is 2.16. The highest BCUT2D eigenvalue weighted by atomic mass is 79.9. The Kier molecular flexibility index (Phi) is 7.40. The van der Waals surface area contributed by atoms with Crippen LogP contribution >= 0.6 is 15.9 Å². The second-order valence-electron chi connectivity index (χ2n) is 6.29. The number of carbonyl (C=O) groups excluding carboxylic acids is 3. The molecule has 31 heavy (non-hydrogen) atoms. The van der Waals surface area contributed by atoms with Gasteiger partial charge in [-0.15, -0.1) is 0 Å². The average molecular weight is 483 g/mol. The molecule has 0 fully saturated rings. The molecule has 1 aromatic heterocycles. The summed E-state index contributed by atoms with van der Waals surface area (Å²) in [6, 6.07) is 16.3. The smallest absolute Gasteiger partial charge is 0.338 e. The van der Waals surface area contributed by atoms with Gasteiger partial charge in [0.25, 0.3) is 11.8 Å². The zero-order chi connectivity index (χ0) is 22.2. The molecule has 7 nitrogen and oxygen atoms in total. The van der Waals surface area contributed by atoms with Crippen LogP contribution in [0.25, 0.3) is 6.08 Å². The van der Waals surface area contributed by atoms with E-state index in [2.05, 4.69) is 26.6 Å². The van der Waals surface area contributed by atoms with Crippen molar-refractivity contribution in [1.82, 2.24) is 5.32 Å². The fourth-order valence-electron chi connectivity index (χ4n) is 2.57. The number of anilines is 1. The highest BCUT2D eigenvalue weighted by Crippen LogP contribution is 2.15. The van der Waals surface area contributed by atoms with Crippen LogP contribution in [0.15, 0.2) is 81.5 Å². The molecule has 0 unspecified atom stereocenters. The Bertz CT molecular complexity index is 1090. The number of ether oxygens (including phenoxy) is 1. The Morgan fingerprint density at radius 1 is 1.00 bits per heavy atom. The minimum absolute atomic E-state index is 0.00246. The Labute approximate surface area is 187 Å². The Morgan fingerprint density at radius 2 is 1.68 bits per heavy atom. The number of furan rings is 1. The van der Waals surface area contributed by atoms with Crippen molar-refractivity contribution in [3.63, 3.8) is 0 Å². The van der Waals surface area contributed by atoms with E-state index < -0.39 is 17.8 Å². The Morgan fingerprint density at radius 3 is 2.29 bits per heavy atom. The summed E-state index contributed by atoms with van der Waals surface area (Å²) in [5.41, 5.74) is 1.20. The molecule has 8 heteroatoms. The van der Waals surface area contributed by atoms with Crippen LogP contribution in [0.2, 0.25) is 0 Å². The van der Waals surface area contributed by atoms with Crippen molar-refractivity contribution in [2.45, 2.75) is 6.92 Å². The predicted octanol–water partition coefficient (Wildman–Crippen LogP) is 4.63. The van der Waals surface area contributed by atoms with Gasteiger partial charge in [-0.05, 0) is 67.6 Å². The Hall–Kier alpha value is -3.65. The van der Waals surface area contributed by atoms with E-state index in [0.29, 0.717) is 22.6 Å². The van der Waals surface area contributed by atoms with Crippen LogP contribution in [-0.4, -0.2) is 24.4 Å². The maximum Gasteiger partial charge on any atom is 0.338 e. The van der Waals surface area contributed by atoms with Crippen molar-refractivity contribution >= 4 is 45.5 Å². The first-order valence-electron chi connectivity index (χ1n) is 9.37. The molecule has 3 aromatic rings. The number of benzene rings is 2. The van der Waals surface area contributed by atoms with Crippen LogP contribution in [0, 0.1) is 0 Å². The number of rotatable bonds is 7. The van der Waals surface area contributed by atoms with Crippen molar-refractivity contribution in [1.29, 1.82) is 0 Å². The number of carbonyl (C=O) groups is 3. The standard InChI is InChI=1S/C23H19BrN2O5/c1-2-30-23(29)16-7-11-18(12-8-16)25-22(28)20(14-19-4-3-13-31-19)26-21(27)15-5-9-17(24)10-6-15/h3-14H,2H2,1H3,(H,25,28)(H,26,27)/b20-14+. The van der Waals surface area contributed by atoms with Gasteiger partial charge in [-0.2, -0.15) is 0 Å². The zero-order valence-electron chi connectivity index (χ0n) is 16.6. The summed E-state index contributed by atoms with van der Waals surface area (Å²) in [4.78, 5) is 37.2. The maximum atomic E-state index is 12.8. The van der Waals surface area contributed by atoms with Crippen LogP contribution in [0.4, 0.5) is 5.69 Å². The van der Waals surface area contributed by atoms with Crippen LogP contribution in [0.1, 0.15) is 33.4 Å². The molecule has 0 saturated heterocycles. The van der Waals surface area contributed by atoms with Crippen LogP contribution in [0.5, 0.6) is 0 Å². The van der Waals surface area contributed by atoms with Gasteiger partial charge >= 0.3 is 5.97 Å². The molecule has 0 aliphatic rings. The van der Waals surface area contributed by atoms with E-state index in [9.17, 15) is 14.4 Å². The van der Waals surface area contributed by atoms with Gasteiger partial charge in [0.05, 0.1) is 18.4 Å². The van der Waals surface area contributed by atoms with Crippen molar-refractivity contribution in [3.8, 4) is 0 Å². The first kappa shape index (κ1) is 22.0. The van der Waals surface area contributed by atoms with E-state index in [4.69, 9.17) is 9.15 Å². The summed E-state index contributed by atoms with van der Waals surface area (Å²) in [6.45, 7) is 2.00. The highest BCUT2D eigenvalue weighted by molar-refractivity contribution is 9.10. The van der Waals surface area contributed by atoms with Crippen molar-refractivity contribution in [3.05, 3.63) is 94.0 Å². The van der Waals surface area contributed by atoms with Crippen LogP contribution < -0.4 is 10.6 Å². The van der Waals surface area contributed by atoms with Crippen LogP contribution in [0.3, 0.4) is 0 Å². The van der Waals surface area contributed by atoms with Crippen LogP contribution in [-0.2, 0) is 9.53 Å². The van der Waals surface area contributed by atoms with Gasteiger partial charge in [-0.25, -0.2) is 4.79 Å². The largest absolute Gasteiger partial charge is 0.465 e. The van der Waals surface area contributed by atoms with Crippen molar-refractivity contribution < 1.29 is 23.5 Å². The first-order chi connectivity index (χ1) is 15.0. The first-order valence-corrected chi connectivity index (χ1v) is 10.2. The second kappa shape index (κ2) is 10.4. The molecular formula is C23H19BrN2O5. The molecule has 0 radical (unpaired) electrons. The molecule has 0 saturated carbocycles. The van der Waals surface area contributed by atoms with E-state index in [0.717, 1.165) is 4.47 Å². The summed E-state index contributed by atoms with van der Waals surface area (Å²) in [5, 5.41) is 5.31. The van der Waals surface area contributed by atoms with Gasteiger partial charge in [0.15, 0.2) is 0 Å². The fraction of sp³-hybridized carbons (Fsp3) is 0.0870. The molecule has 2 amide bonds. The lowest BCUT2D eigenvalue weighted by Gasteiger charge is -2.11. The number of halogens is 1. The third-order valence-electron chi connectivity index (χ3n) is 4.08. The summed E-state index contributed by atoms with van der Waals surface area (Å²) in [7, 11) is 0. The number of nitrogens with one attached hydrogen (secondary N) is 2. The lowest BCUT2D eigenvalue weighted by Crippen LogP contribution is -2.30. The lowest BCUT2D eigenvalue weighted by molar-refractivity contribution is -0.113. The monoisotopic (exact) mass is 482 g/mol. The lowest BCUT2D eigenvalue weighted by atomic mass is 10.2. The molecule has 3 rings (SSSR count). The molecule has 0 aliphatic heterocycles. The van der Waals surface area contributed by atoms with Gasteiger partial charge in [0.2, 0.25) is 0 Å². The third kappa shape index (κ3) is 6.16. The molecule has 1 heterocycles. The van der Waals surface area contributed by atoms with Crippen molar-refractivity contribution in [2.24, 2.45) is 0 Å². The van der Waals surface area contributed by atoms with E-state index in [1.165, 1.54) is 12.3 Å². The molecule has 2 aromatic carbocycles. The summed E-state index contributed by atoms with van der Waals surface area (Å²) in [6.07, 6.45) is 2.89. The number of amides is 2. The van der Waals surface area contributed by atoms with E-state index in [1.54, 1.807) is 67.6 Å². The second-order valence-corrected chi connectivity index (χ2v) is 7.20. The fourth-order valence-corrected chi connectivity index (χ4v) is 2.84. The summed E-state index contributed by atoms with van der Waals surface area (Å²) in [5.74, 6) is -1.04. The number of hydrogen-bond acceptors (Lipinski definition) is 5. The van der Waals surface area contributed by atoms with Gasteiger partial charge < -0.3 is 19.8 Å². The zero-order valence-corrected chi connectivity index (χ0v) is 18.1. The molecular weight excluding hydrogens is 464 g/mol. The van der Waals surface area contributed by atoms with Gasteiger partial charge in [-0.1, -0.05) is 15.9 Å². The minimum Gasteiger partial charge on any atom is -0.465 e. The van der Waals surface area contributed by atoms with E-state index in [1.807, 2.05) is 0 Å².